The average molecular weight is 443 g/mol. The summed E-state index contributed by atoms with van der Waals surface area (Å²) in [6, 6.07) is 11.0. The lowest BCUT2D eigenvalue weighted by Gasteiger charge is -2.40. The molecule has 0 spiro atoms. The minimum Gasteiger partial charge on any atom is -0.507 e. The third-order valence-electron chi connectivity index (χ3n) is 6.44. The van der Waals surface area contributed by atoms with Crippen LogP contribution in [-0.4, -0.2) is 59.3 Å². The van der Waals surface area contributed by atoms with E-state index in [0.29, 0.717) is 12.3 Å². The standard InChI is InChI=1S/C27H39FN2O2/c1-26(2,3)22-17-20(18-23(25(22)32)27(4,5)6)24(19-7-9-21(28)10-8-19)30-13-11-29(12-14-30)15-16-31/h7-10,17-18,24,31-32H,11-16H2,1-6H3. The van der Waals surface area contributed by atoms with Crippen LogP contribution in [0.3, 0.4) is 0 Å². The number of hydrogen-bond acceptors (Lipinski definition) is 4. The highest BCUT2D eigenvalue weighted by atomic mass is 19.1. The van der Waals surface area contributed by atoms with E-state index in [1.165, 1.54) is 12.1 Å². The summed E-state index contributed by atoms with van der Waals surface area (Å²) in [4.78, 5) is 4.71. The van der Waals surface area contributed by atoms with Crippen molar-refractivity contribution in [3.8, 4) is 5.75 Å². The van der Waals surface area contributed by atoms with Gasteiger partial charge in [-0.2, -0.15) is 0 Å². The third-order valence-corrected chi connectivity index (χ3v) is 6.44. The Labute approximate surface area is 192 Å². The maximum atomic E-state index is 13.7. The Bertz CT molecular complexity index is 870. The summed E-state index contributed by atoms with van der Waals surface area (Å²) in [5.74, 6) is 0.135. The van der Waals surface area contributed by atoms with Crippen molar-refractivity contribution in [2.75, 3.05) is 39.3 Å². The Balaban J connectivity index is 2.13. The minimum atomic E-state index is -0.239. The SMILES string of the molecule is CC(C)(C)c1cc(C(c2ccc(F)cc2)N2CCN(CCO)CC2)cc(C(C)(C)C)c1O. The van der Waals surface area contributed by atoms with Gasteiger partial charge in [0.15, 0.2) is 0 Å². The number of rotatable bonds is 5. The smallest absolute Gasteiger partial charge is 0.123 e. The number of piperazine rings is 1. The van der Waals surface area contributed by atoms with Gasteiger partial charge in [0.1, 0.15) is 11.6 Å². The van der Waals surface area contributed by atoms with E-state index in [1.54, 1.807) is 0 Å². The normalized spacial score (nSPS) is 17.5. The number of phenolic OH excluding ortho intramolecular Hbond substituents is 1. The van der Waals surface area contributed by atoms with Crippen LogP contribution in [0.15, 0.2) is 36.4 Å². The van der Waals surface area contributed by atoms with Gasteiger partial charge in [-0.25, -0.2) is 4.39 Å². The van der Waals surface area contributed by atoms with E-state index in [1.807, 2.05) is 12.1 Å². The second kappa shape index (κ2) is 9.50. The Kier molecular flexibility index (Phi) is 7.33. The van der Waals surface area contributed by atoms with E-state index >= 15 is 0 Å². The predicted octanol–water partition coefficient (Wildman–Crippen LogP) is 4.83. The van der Waals surface area contributed by atoms with Crippen molar-refractivity contribution in [1.29, 1.82) is 0 Å². The Morgan fingerprint density at radius 2 is 1.34 bits per heavy atom. The van der Waals surface area contributed by atoms with Crippen molar-refractivity contribution in [1.82, 2.24) is 9.80 Å². The number of phenols is 1. The molecule has 0 aromatic heterocycles. The molecule has 5 heteroatoms. The second-order valence-corrected chi connectivity index (χ2v) is 11.0. The van der Waals surface area contributed by atoms with Gasteiger partial charge in [0.05, 0.1) is 12.6 Å². The summed E-state index contributed by atoms with van der Waals surface area (Å²) < 4.78 is 13.7. The highest BCUT2D eigenvalue weighted by Crippen LogP contribution is 2.43. The lowest BCUT2D eigenvalue weighted by Crippen LogP contribution is -2.48. The zero-order chi connectivity index (χ0) is 23.7. The highest BCUT2D eigenvalue weighted by molar-refractivity contribution is 5.52. The minimum absolute atomic E-state index is 0.0327. The molecule has 2 N–H and O–H groups in total. The maximum Gasteiger partial charge on any atom is 0.123 e. The van der Waals surface area contributed by atoms with Crippen LogP contribution in [0.2, 0.25) is 0 Å². The van der Waals surface area contributed by atoms with Gasteiger partial charge in [-0.15, -0.1) is 0 Å². The summed E-state index contributed by atoms with van der Waals surface area (Å²) in [7, 11) is 0. The Hall–Kier alpha value is -1.95. The van der Waals surface area contributed by atoms with Gasteiger partial charge < -0.3 is 10.2 Å². The van der Waals surface area contributed by atoms with Crippen LogP contribution in [0.1, 0.15) is 69.8 Å². The topological polar surface area (TPSA) is 46.9 Å². The molecule has 1 aliphatic heterocycles. The number of hydrogen-bond donors (Lipinski definition) is 2. The fourth-order valence-electron chi connectivity index (χ4n) is 4.60. The van der Waals surface area contributed by atoms with E-state index < -0.39 is 0 Å². The molecular weight excluding hydrogens is 403 g/mol. The van der Waals surface area contributed by atoms with Crippen molar-refractivity contribution < 1.29 is 14.6 Å². The van der Waals surface area contributed by atoms with E-state index in [0.717, 1.165) is 48.4 Å². The lowest BCUT2D eigenvalue weighted by atomic mass is 9.77. The van der Waals surface area contributed by atoms with Gasteiger partial charge >= 0.3 is 0 Å². The van der Waals surface area contributed by atoms with Crippen molar-refractivity contribution >= 4 is 0 Å². The Morgan fingerprint density at radius 1 is 0.844 bits per heavy atom. The molecule has 1 atom stereocenters. The van der Waals surface area contributed by atoms with Gasteiger partial charge in [0.2, 0.25) is 0 Å². The number of benzene rings is 2. The molecule has 1 unspecified atom stereocenters. The van der Waals surface area contributed by atoms with E-state index in [9.17, 15) is 14.6 Å². The van der Waals surface area contributed by atoms with Gasteiger partial charge in [-0.1, -0.05) is 53.7 Å². The van der Waals surface area contributed by atoms with Crippen LogP contribution >= 0.6 is 0 Å². The molecular formula is C27H39FN2O2. The molecule has 1 fully saturated rings. The van der Waals surface area contributed by atoms with Crippen molar-refractivity contribution in [2.45, 2.75) is 58.4 Å². The van der Waals surface area contributed by atoms with Crippen LogP contribution in [-0.2, 0) is 10.8 Å². The summed E-state index contributed by atoms with van der Waals surface area (Å²) in [5.41, 5.74) is 3.62. The van der Waals surface area contributed by atoms with Crippen molar-refractivity contribution in [2.24, 2.45) is 0 Å². The molecule has 0 radical (unpaired) electrons. The fraction of sp³-hybridized carbons (Fsp3) is 0.556. The first kappa shape index (κ1) is 24.7. The summed E-state index contributed by atoms with van der Waals surface area (Å²) in [6.45, 7) is 17.1. The second-order valence-electron chi connectivity index (χ2n) is 11.0. The zero-order valence-electron chi connectivity index (χ0n) is 20.5. The first-order valence-corrected chi connectivity index (χ1v) is 11.6. The number of halogens is 1. The number of aliphatic hydroxyl groups is 1. The summed E-state index contributed by atoms with van der Waals surface area (Å²) >= 11 is 0. The molecule has 4 nitrogen and oxygen atoms in total. The monoisotopic (exact) mass is 442 g/mol. The molecule has 2 aromatic rings. The predicted molar refractivity (Wildman–Crippen MR) is 129 cm³/mol. The number of aliphatic hydroxyl groups excluding tert-OH is 1. The molecule has 0 bridgehead atoms. The average Bonchev–Trinajstić information content (AvgIpc) is 2.70. The fourth-order valence-corrected chi connectivity index (χ4v) is 4.60. The number of aromatic hydroxyl groups is 1. The van der Waals surface area contributed by atoms with Crippen molar-refractivity contribution in [3.63, 3.8) is 0 Å². The molecule has 32 heavy (non-hydrogen) atoms. The molecule has 1 saturated heterocycles. The first-order valence-electron chi connectivity index (χ1n) is 11.6. The quantitative estimate of drug-likeness (QED) is 0.697. The molecule has 1 aliphatic rings. The van der Waals surface area contributed by atoms with Gasteiger partial charge in [0, 0.05) is 32.7 Å². The van der Waals surface area contributed by atoms with Crippen LogP contribution in [0.4, 0.5) is 4.39 Å². The molecule has 0 aliphatic carbocycles. The Morgan fingerprint density at radius 3 is 1.78 bits per heavy atom. The van der Waals surface area contributed by atoms with Crippen LogP contribution in [0.5, 0.6) is 5.75 Å². The lowest BCUT2D eigenvalue weighted by molar-refractivity contribution is 0.0943. The van der Waals surface area contributed by atoms with E-state index in [2.05, 4.69) is 63.5 Å². The summed E-state index contributed by atoms with van der Waals surface area (Å²) in [5, 5.41) is 20.5. The van der Waals surface area contributed by atoms with E-state index in [-0.39, 0.29) is 29.3 Å². The number of β-amino-alcohol motifs (C(OH)–C–C–N with tert-alkyl or cyclic N) is 1. The molecule has 2 aromatic carbocycles. The molecule has 0 saturated carbocycles. The van der Waals surface area contributed by atoms with Gasteiger partial charge in [0.25, 0.3) is 0 Å². The molecule has 176 valence electrons. The molecule has 3 rings (SSSR count). The maximum absolute atomic E-state index is 13.7. The highest BCUT2D eigenvalue weighted by Gasteiger charge is 2.31. The van der Waals surface area contributed by atoms with Gasteiger partial charge in [-0.3, -0.25) is 9.80 Å². The van der Waals surface area contributed by atoms with Crippen LogP contribution < -0.4 is 0 Å². The zero-order valence-corrected chi connectivity index (χ0v) is 20.5. The first-order chi connectivity index (χ1) is 14.9. The largest absolute Gasteiger partial charge is 0.507 e. The third kappa shape index (κ3) is 5.51. The van der Waals surface area contributed by atoms with Crippen LogP contribution in [0, 0.1) is 5.82 Å². The van der Waals surface area contributed by atoms with Crippen molar-refractivity contribution in [3.05, 3.63) is 64.5 Å². The molecule has 0 amide bonds. The molecule has 1 heterocycles. The number of nitrogens with zero attached hydrogens (tertiary/aromatic N) is 2. The van der Waals surface area contributed by atoms with Gasteiger partial charge in [-0.05, 0) is 57.3 Å². The summed E-state index contributed by atoms with van der Waals surface area (Å²) in [6.07, 6.45) is 0. The van der Waals surface area contributed by atoms with E-state index in [4.69, 9.17) is 0 Å². The van der Waals surface area contributed by atoms with Crippen LogP contribution in [0.25, 0.3) is 0 Å².